The Hall–Kier alpha value is -0.570. The highest BCUT2D eigenvalue weighted by Gasteiger charge is 2.62. The molecule has 3 saturated carbocycles. The minimum atomic E-state index is -0.625. The fraction of sp³-hybridized carbons (Fsp3) is 0.944. The molecule has 21 heavy (non-hydrogen) atoms. The molecule has 3 rings (SSSR count). The molecule has 5 atom stereocenters. The van der Waals surface area contributed by atoms with Gasteiger partial charge in [0.15, 0.2) is 0 Å². The summed E-state index contributed by atoms with van der Waals surface area (Å²) in [4.78, 5) is 12.8. The van der Waals surface area contributed by atoms with Gasteiger partial charge < -0.3 is 11.1 Å². The molecule has 0 aliphatic heterocycles. The van der Waals surface area contributed by atoms with Crippen LogP contribution in [0.25, 0.3) is 0 Å². The molecule has 120 valence electrons. The maximum Gasteiger partial charge on any atom is 0.240 e. The Morgan fingerprint density at radius 2 is 1.90 bits per heavy atom. The number of hydrogen-bond acceptors (Lipinski definition) is 2. The number of fused-ring (bicyclic) bond motifs is 2. The number of hydrogen-bond donors (Lipinski definition) is 2. The first-order valence-electron chi connectivity index (χ1n) is 8.79. The molecule has 3 aliphatic carbocycles. The van der Waals surface area contributed by atoms with Crippen molar-refractivity contribution in [1.29, 1.82) is 0 Å². The smallest absolute Gasteiger partial charge is 0.240 e. The van der Waals surface area contributed by atoms with E-state index in [0.29, 0.717) is 17.4 Å². The number of rotatable bonds is 2. The molecule has 0 radical (unpaired) electrons. The van der Waals surface area contributed by atoms with Gasteiger partial charge in [-0.25, -0.2) is 0 Å². The summed E-state index contributed by atoms with van der Waals surface area (Å²) in [7, 11) is 0. The highest BCUT2D eigenvalue weighted by molar-refractivity contribution is 5.86. The SMILES string of the molecule is CC1CCCC(N)(C(=O)NC2CC3CCC2(C)C3(C)C)C1. The van der Waals surface area contributed by atoms with Crippen molar-refractivity contribution >= 4 is 5.91 Å². The topological polar surface area (TPSA) is 55.1 Å². The van der Waals surface area contributed by atoms with Gasteiger partial charge in [-0.1, -0.05) is 40.5 Å². The predicted molar refractivity (Wildman–Crippen MR) is 85.7 cm³/mol. The Morgan fingerprint density at radius 3 is 2.43 bits per heavy atom. The van der Waals surface area contributed by atoms with Crippen LogP contribution in [0.15, 0.2) is 0 Å². The van der Waals surface area contributed by atoms with Crippen LogP contribution >= 0.6 is 0 Å². The third kappa shape index (κ3) is 2.15. The Kier molecular flexibility index (Phi) is 3.44. The zero-order chi connectivity index (χ0) is 15.5. The molecule has 0 spiro atoms. The van der Waals surface area contributed by atoms with Gasteiger partial charge in [0.25, 0.3) is 0 Å². The fourth-order valence-electron chi connectivity index (χ4n) is 5.52. The van der Waals surface area contributed by atoms with Crippen molar-refractivity contribution in [3.63, 3.8) is 0 Å². The Labute approximate surface area is 129 Å². The van der Waals surface area contributed by atoms with E-state index < -0.39 is 5.54 Å². The van der Waals surface area contributed by atoms with Gasteiger partial charge in [0.1, 0.15) is 0 Å². The van der Waals surface area contributed by atoms with Crippen molar-refractivity contribution in [2.45, 2.75) is 84.2 Å². The quantitative estimate of drug-likeness (QED) is 0.821. The summed E-state index contributed by atoms with van der Waals surface area (Å²) in [5.74, 6) is 1.44. The molecule has 5 unspecified atom stereocenters. The van der Waals surface area contributed by atoms with Crippen LogP contribution in [0.5, 0.6) is 0 Å². The molecular formula is C18H32N2O. The maximum atomic E-state index is 12.8. The summed E-state index contributed by atoms with van der Waals surface area (Å²) >= 11 is 0. The summed E-state index contributed by atoms with van der Waals surface area (Å²) in [5.41, 5.74) is 6.42. The van der Waals surface area contributed by atoms with Gasteiger partial charge in [0.2, 0.25) is 5.91 Å². The molecule has 0 saturated heterocycles. The van der Waals surface area contributed by atoms with Gasteiger partial charge in [-0.15, -0.1) is 0 Å². The van der Waals surface area contributed by atoms with E-state index in [1.165, 1.54) is 19.3 Å². The van der Waals surface area contributed by atoms with Crippen LogP contribution in [0.1, 0.15) is 72.6 Å². The molecule has 0 aromatic rings. The van der Waals surface area contributed by atoms with E-state index >= 15 is 0 Å². The lowest BCUT2D eigenvalue weighted by Crippen LogP contribution is -2.60. The van der Waals surface area contributed by atoms with E-state index in [1.54, 1.807) is 0 Å². The van der Waals surface area contributed by atoms with Crippen molar-refractivity contribution in [3.05, 3.63) is 0 Å². The molecule has 3 nitrogen and oxygen atoms in total. The molecule has 0 aromatic carbocycles. The van der Waals surface area contributed by atoms with Crippen molar-refractivity contribution < 1.29 is 4.79 Å². The average molecular weight is 292 g/mol. The Bertz CT molecular complexity index is 446. The van der Waals surface area contributed by atoms with E-state index in [4.69, 9.17) is 5.73 Å². The standard InChI is InChI=1S/C18H32N2O/c1-12-6-5-8-18(19,11-12)15(21)20-14-10-13-7-9-17(14,4)16(13,2)3/h12-14H,5-11,19H2,1-4H3,(H,20,21). The third-order valence-corrected chi connectivity index (χ3v) is 7.58. The number of carbonyl (C=O) groups is 1. The van der Waals surface area contributed by atoms with E-state index in [2.05, 4.69) is 33.0 Å². The van der Waals surface area contributed by atoms with Crippen LogP contribution in [0.2, 0.25) is 0 Å². The zero-order valence-electron chi connectivity index (χ0n) is 14.2. The lowest BCUT2D eigenvalue weighted by Gasteiger charge is -2.42. The average Bonchev–Trinajstić information content (AvgIpc) is 2.71. The highest BCUT2D eigenvalue weighted by Crippen LogP contribution is 2.65. The van der Waals surface area contributed by atoms with Gasteiger partial charge >= 0.3 is 0 Å². The first kappa shape index (κ1) is 15.3. The van der Waals surface area contributed by atoms with Gasteiger partial charge in [-0.2, -0.15) is 0 Å². The van der Waals surface area contributed by atoms with E-state index in [0.717, 1.165) is 31.6 Å². The van der Waals surface area contributed by atoms with E-state index in [1.807, 2.05) is 0 Å². The van der Waals surface area contributed by atoms with Crippen LogP contribution in [0, 0.1) is 22.7 Å². The van der Waals surface area contributed by atoms with Crippen molar-refractivity contribution in [2.75, 3.05) is 0 Å². The summed E-state index contributed by atoms with van der Waals surface area (Å²) in [6.45, 7) is 9.36. The summed E-state index contributed by atoms with van der Waals surface area (Å²) in [6.07, 6.45) is 7.68. The lowest BCUT2D eigenvalue weighted by atomic mass is 9.69. The first-order valence-corrected chi connectivity index (χ1v) is 8.79. The van der Waals surface area contributed by atoms with Crippen LogP contribution in [-0.2, 0) is 4.79 Å². The Morgan fingerprint density at radius 1 is 1.19 bits per heavy atom. The number of nitrogens with one attached hydrogen (secondary N) is 1. The number of amides is 1. The van der Waals surface area contributed by atoms with Crippen molar-refractivity contribution in [2.24, 2.45) is 28.4 Å². The van der Waals surface area contributed by atoms with Crippen LogP contribution < -0.4 is 11.1 Å². The van der Waals surface area contributed by atoms with Gasteiger partial charge in [0, 0.05) is 6.04 Å². The first-order chi connectivity index (χ1) is 9.69. The normalized spacial score (nSPS) is 48.3. The molecule has 3 N–H and O–H groups in total. The second-order valence-electron chi connectivity index (χ2n) is 8.99. The third-order valence-electron chi connectivity index (χ3n) is 7.58. The van der Waals surface area contributed by atoms with E-state index in [-0.39, 0.29) is 11.3 Å². The van der Waals surface area contributed by atoms with E-state index in [9.17, 15) is 4.79 Å². The zero-order valence-corrected chi connectivity index (χ0v) is 14.2. The molecule has 1 amide bonds. The predicted octanol–water partition coefficient (Wildman–Crippen LogP) is 3.23. The van der Waals surface area contributed by atoms with Gasteiger partial charge in [-0.05, 0) is 54.8 Å². The lowest BCUT2D eigenvalue weighted by molar-refractivity contribution is -0.129. The van der Waals surface area contributed by atoms with Crippen LogP contribution in [0.4, 0.5) is 0 Å². The van der Waals surface area contributed by atoms with Crippen LogP contribution in [0.3, 0.4) is 0 Å². The maximum absolute atomic E-state index is 12.8. The minimum absolute atomic E-state index is 0.114. The molecule has 3 aliphatic rings. The van der Waals surface area contributed by atoms with Crippen molar-refractivity contribution in [1.82, 2.24) is 5.32 Å². The molecule has 0 aromatic heterocycles. The minimum Gasteiger partial charge on any atom is -0.351 e. The summed E-state index contributed by atoms with van der Waals surface area (Å²) < 4.78 is 0. The number of nitrogens with two attached hydrogens (primary N) is 1. The van der Waals surface area contributed by atoms with Gasteiger partial charge in [-0.3, -0.25) is 4.79 Å². The molecule has 2 bridgehead atoms. The summed E-state index contributed by atoms with van der Waals surface area (Å²) in [5, 5.41) is 3.37. The Balaban J connectivity index is 1.72. The molecule has 0 heterocycles. The number of carbonyl (C=O) groups excluding carboxylic acids is 1. The second-order valence-corrected chi connectivity index (χ2v) is 8.99. The summed E-state index contributed by atoms with van der Waals surface area (Å²) in [6, 6.07) is 0.316. The van der Waals surface area contributed by atoms with Gasteiger partial charge in [0.05, 0.1) is 5.54 Å². The van der Waals surface area contributed by atoms with Crippen molar-refractivity contribution in [3.8, 4) is 0 Å². The second kappa shape index (κ2) is 4.71. The highest BCUT2D eigenvalue weighted by atomic mass is 16.2. The molecule has 3 fully saturated rings. The largest absolute Gasteiger partial charge is 0.351 e. The molecule has 3 heteroatoms. The molecular weight excluding hydrogens is 260 g/mol. The van der Waals surface area contributed by atoms with Crippen LogP contribution in [-0.4, -0.2) is 17.5 Å². The monoisotopic (exact) mass is 292 g/mol. The fourth-order valence-corrected chi connectivity index (χ4v) is 5.52.